The van der Waals surface area contributed by atoms with Gasteiger partial charge >= 0.3 is 5.97 Å². The summed E-state index contributed by atoms with van der Waals surface area (Å²) in [4.78, 5) is 10.6. The normalized spacial score (nSPS) is 14.0. The number of rotatable bonds is 6. The van der Waals surface area contributed by atoms with Crippen molar-refractivity contribution >= 4 is 5.97 Å². The Morgan fingerprint density at radius 1 is 1.50 bits per heavy atom. The van der Waals surface area contributed by atoms with Gasteiger partial charge < -0.3 is 20.7 Å². The molecule has 0 saturated carbocycles. The summed E-state index contributed by atoms with van der Waals surface area (Å²) in [5.41, 5.74) is 7.17. The quantitative estimate of drug-likeness (QED) is 0.709. The van der Waals surface area contributed by atoms with Crippen LogP contribution in [0.3, 0.4) is 0 Å². The third kappa shape index (κ3) is 3.72. The van der Waals surface area contributed by atoms with E-state index in [0.717, 1.165) is 5.56 Å². The zero-order valence-corrected chi connectivity index (χ0v) is 10.6. The van der Waals surface area contributed by atoms with Crippen LogP contribution in [0.4, 0.5) is 0 Å². The number of hydrogen-bond acceptors (Lipinski definition) is 4. The Morgan fingerprint density at radius 3 is 2.72 bits per heavy atom. The fraction of sp³-hybridized carbons (Fsp3) is 0.462. The highest BCUT2D eigenvalue weighted by Gasteiger charge is 2.23. The average molecular weight is 253 g/mol. The first kappa shape index (κ1) is 14.5. The molecule has 0 radical (unpaired) electrons. The van der Waals surface area contributed by atoms with E-state index >= 15 is 0 Å². The average Bonchev–Trinajstić information content (AvgIpc) is 2.30. The fourth-order valence-electron chi connectivity index (χ4n) is 1.73. The third-order valence-corrected chi connectivity index (χ3v) is 2.60. The number of ether oxygens (including phenoxy) is 1. The Kier molecular flexibility index (Phi) is 5.12. The zero-order valence-electron chi connectivity index (χ0n) is 10.6. The topological polar surface area (TPSA) is 92.8 Å². The van der Waals surface area contributed by atoms with Crippen LogP contribution in [-0.2, 0) is 4.79 Å². The van der Waals surface area contributed by atoms with Crippen molar-refractivity contribution in [2.75, 3.05) is 6.61 Å². The number of benzene rings is 1. The number of hydrogen-bond donors (Lipinski definition) is 3. The first-order valence-electron chi connectivity index (χ1n) is 5.84. The lowest BCUT2D eigenvalue weighted by Gasteiger charge is -2.20. The van der Waals surface area contributed by atoms with Gasteiger partial charge in [-0.15, -0.1) is 0 Å². The van der Waals surface area contributed by atoms with Crippen LogP contribution in [0.1, 0.15) is 30.6 Å². The molecule has 5 heteroatoms. The summed E-state index contributed by atoms with van der Waals surface area (Å²) in [7, 11) is 0. The first-order chi connectivity index (χ1) is 8.45. The maximum absolute atomic E-state index is 10.6. The summed E-state index contributed by atoms with van der Waals surface area (Å²) in [6, 6.07) is 4.52. The van der Waals surface area contributed by atoms with E-state index in [0.29, 0.717) is 17.9 Å². The van der Waals surface area contributed by atoms with Gasteiger partial charge in [-0.2, -0.15) is 0 Å². The second-order valence-corrected chi connectivity index (χ2v) is 4.18. The molecule has 0 aliphatic rings. The van der Waals surface area contributed by atoms with Gasteiger partial charge in [0, 0.05) is 11.6 Å². The van der Waals surface area contributed by atoms with Crippen LogP contribution in [0.2, 0.25) is 0 Å². The molecule has 100 valence electrons. The van der Waals surface area contributed by atoms with Crippen LogP contribution in [0.15, 0.2) is 18.2 Å². The van der Waals surface area contributed by atoms with Crippen molar-refractivity contribution in [1.82, 2.24) is 0 Å². The molecule has 0 heterocycles. The molecule has 0 amide bonds. The van der Waals surface area contributed by atoms with E-state index in [-0.39, 0.29) is 6.42 Å². The summed E-state index contributed by atoms with van der Waals surface area (Å²) >= 11 is 0. The van der Waals surface area contributed by atoms with Gasteiger partial charge in [-0.25, -0.2) is 0 Å². The van der Waals surface area contributed by atoms with Gasteiger partial charge in [-0.3, -0.25) is 4.79 Å². The van der Waals surface area contributed by atoms with Crippen LogP contribution in [0, 0.1) is 6.92 Å². The molecule has 2 atom stereocenters. The highest BCUT2D eigenvalue weighted by molar-refractivity contribution is 5.67. The van der Waals surface area contributed by atoms with Crippen molar-refractivity contribution in [1.29, 1.82) is 0 Å². The Balaban J connectivity index is 2.98. The number of carbonyl (C=O) groups is 1. The van der Waals surface area contributed by atoms with Crippen LogP contribution in [-0.4, -0.2) is 28.8 Å². The maximum Gasteiger partial charge on any atom is 0.305 e. The molecule has 5 nitrogen and oxygen atoms in total. The molecule has 0 aliphatic carbocycles. The molecule has 0 aliphatic heterocycles. The van der Waals surface area contributed by atoms with E-state index in [9.17, 15) is 9.90 Å². The Bertz CT molecular complexity index is 419. The molecule has 18 heavy (non-hydrogen) atoms. The number of nitrogens with two attached hydrogens (primary N) is 1. The fourth-order valence-corrected chi connectivity index (χ4v) is 1.73. The van der Waals surface area contributed by atoms with E-state index in [1.807, 2.05) is 19.9 Å². The summed E-state index contributed by atoms with van der Waals surface area (Å²) < 4.78 is 5.41. The minimum absolute atomic E-state index is 0.291. The molecule has 0 saturated heterocycles. The molecule has 1 aromatic carbocycles. The standard InChI is InChI=1S/C13H19NO4/c1-3-18-11-5-4-8(2)6-9(11)13(17)10(14)7-12(15)16/h4-6,10,13,17H,3,7,14H2,1-2H3,(H,15,16). The lowest BCUT2D eigenvalue weighted by Crippen LogP contribution is -2.31. The SMILES string of the molecule is CCOc1ccc(C)cc1C(O)C(N)CC(=O)O. The minimum atomic E-state index is -1.05. The van der Waals surface area contributed by atoms with Gasteiger partial charge in [0.15, 0.2) is 0 Å². The number of aliphatic hydroxyl groups is 1. The Morgan fingerprint density at radius 2 is 2.17 bits per heavy atom. The summed E-state index contributed by atoms with van der Waals surface area (Å²) in [6.45, 7) is 4.19. The number of carboxylic acid groups (broad SMARTS) is 1. The lowest BCUT2D eigenvalue weighted by atomic mass is 9.98. The van der Waals surface area contributed by atoms with Gasteiger partial charge in [0.1, 0.15) is 5.75 Å². The van der Waals surface area contributed by atoms with Crippen LogP contribution in [0.25, 0.3) is 0 Å². The summed E-state index contributed by atoms with van der Waals surface area (Å²) in [6.07, 6.45) is -1.34. The first-order valence-corrected chi connectivity index (χ1v) is 5.84. The van der Waals surface area contributed by atoms with Gasteiger partial charge in [0.05, 0.1) is 19.1 Å². The number of aliphatic carboxylic acids is 1. The van der Waals surface area contributed by atoms with Crippen molar-refractivity contribution in [3.8, 4) is 5.75 Å². The number of aryl methyl sites for hydroxylation is 1. The number of carboxylic acids is 1. The van der Waals surface area contributed by atoms with Crippen molar-refractivity contribution in [2.45, 2.75) is 32.4 Å². The number of aliphatic hydroxyl groups excluding tert-OH is 1. The van der Waals surface area contributed by atoms with Crippen molar-refractivity contribution in [3.05, 3.63) is 29.3 Å². The predicted octanol–water partition coefficient (Wildman–Crippen LogP) is 1.23. The minimum Gasteiger partial charge on any atom is -0.493 e. The lowest BCUT2D eigenvalue weighted by molar-refractivity contribution is -0.138. The van der Waals surface area contributed by atoms with E-state index in [2.05, 4.69) is 0 Å². The largest absolute Gasteiger partial charge is 0.493 e. The second kappa shape index (κ2) is 6.37. The highest BCUT2D eigenvalue weighted by atomic mass is 16.5. The molecule has 4 N–H and O–H groups in total. The van der Waals surface area contributed by atoms with Gasteiger partial charge in [0.2, 0.25) is 0 Å². The zero-order chi connectivity index (χ0) is 13.7. The molecule has 0 aromatic heterocycles. The summed E-state index contributed by atoms with van der Waals surface area (Å²) in [5, 5.41) is 18.8. The molecule has 0 bridgehead atoms. The molecule has 0 spiro atoms. The van der Waals surface area contributed by atoms with E-state index in [1.54, 1.807) is 12.1 Å². The smallest absolute Gasteiger partial charge is 0.305 e. The molecule has 0 fully saturated rings. The van der Waals surface area contributed by atoms with Crippen molar-refractivity contribution in [3.63, 3.8) is 0 Å². The van der Waals surface area contributed by atoms with Gasteiger partial charge in [0.25, 0.3) is 0 Å². The molecular formula is C13H19NO4. The van der Waals surface area contributed by atoms with Crippen LogP contribution < -0.4 is 10.5 Å². The molecule has 1 rings (SSSR count). The second-order valence-electron chi connectivity index (χ2n) is 4.18. The maximum atomic E-state index is 10.6. The molecular weight excluding hydrogens is 234 g/mol. The van der Waals surface area contributed by atoms with Gasteiger partial charge in [-0.1, -0.05) is 11.6 Å². The predicted molar refractivity (Wildman–Crippen MR) is 67.5 cm³/mol. The van der Waals surface area contributed by atoms with Crippen LogP contribution >= 0.6 is 0 Å². The Labute approximate surface area is 106 Å². The Hall–Kier alpha value is -1.59. The van der Waals surface area contributed by atoms with Crippen molar-refractivity contribution < 1.29 is 19.7 Å². The van der Waals surface area contributed by atoms with E-state index in [4.69, 9.17) is 15.6 Å². The highest BCUT2D eigenvalue weighted by Crippen LogP contribution is 2.28. The third-order valence-electron chi connectivity index (χ3n) is 2.60. The van der Waals surface area contributed by atoms with E-state index < -0.39 is 18.1 Å². The van der Waals surface area contributed by atoms with Crippen LogP contribution in [0.5, 0.6) is 5.75 Å². The molecule has 2 unspecified atom stereocenters. The monoisotopic (exact) mass is 253 g/mol. The molecule has 1 aromatic rings. The summed E-state index contributed by atoms with van der Waals surface area (Å²) in [5.74, 6) is -0.497. The van der Waals surface area contributed by atoms with Gasteiger partial charge in [-0.05, 0) is 26.0 Å². The van der Waals surface area contributed by atoms with E-state index in [1.165, 1.54) is 0 Å². The van der Waals surface area contributed by atoms with Crippen molar-refractivity contribution in [2.24, 2.45) is 5.73 Å².